The van der Waals surface area contributed by atoms with Gasteiger partial charge in [0.2, 0.25) is 0 Å². The highest BCUT2D eigenvalue weighted by atomic mass is 35.5. The summed E-state index contributed by atoms with van der Waals surface area (Å²) in [6.07, 6.45) is 0.847. The minimum Gasteiger partial charge on any atom is -0.328 e. The highest BCUT2D eigenvalue weighted by Gasteiger charge is 2.30. The standard InChI is InChI=1S/C12H12Cl2NO/c1-8-10-5-3-2-4-9(10)6-7-15(8)12(16)11(13)14/h2-5,11H,6-7H2,1H3. The van der Waals surface area contributed by atoms with Gasteiger partial charge in [-0.05, 0) is 24.5 Å². The van der Waals surface area contributed by atoms with Crippen molar-refractivity contribution in [1.29, 1.82) is 0 Å². The van der Waals surface area contributed by atoms with Crippen LogP contribution in [0.1, 0.15) is 18.1 Å². The van der Waals surface area contributed by atoms with Gasteiger partial charge in [0, 0.05) is 6.54 Å². The summed E-state index contributed by atoms with van der Waals surface area (Å²) in [5.74, 6) is -0.240. The summed E-state index contributed by atoms with van der Waals surface area (Å²) in [5.41, 5.74) is 2.38. The van der Waals surface area contributed by atoms with E-state index in [1.165, 1.54) is 5.56 Å². The van der Waals surface area contributed by atoms with E-state index in [0.717, 1.165) is 18.0 Å². The van der Waals surface area contributed by atoms with E-state index >= 15 is 0 Å². The average molecular weight is 257 g/mol. The second-order valence-electron chi connectivity index (χ2n) is 3.78. The molecule has 1 aliphatic heterocycles. The Morgan fingerprint density at radius 2 is 2.06 bits per heavy atom. The van der Waals surface area contributed by atoms with Crippen LogP contribution in [0.3, 0.4) is 0 Å². The largest absolute Gasteiger partial charge is 0.328 e. The smallest absolute Gasteiger partial charge is 0.256 e. The fraction of sp³-hybridized carbons (Fsp3) is 0.333. The van der Waals surface area contributed by atoms with Crippen molar-refractivity contribution in [3.63, 3.8) is 0 Å². The molecule has 1 radical (unpaired) electrons. The summed E-state index contributed by atoms with van der Waals surface area (Å²) < 4.78 is 0. The Hall–Kier alpha value is -0.730. The van der Waals surface area contributed by atoms with E-state index in [1.807, 2.05) is 25.1 Å². The SMILES string of the molecule is C[C]1c2ccccc2CCN1C(=O)C(Cl)Cl. The summed E-state index contributed by atoms with van der Waals surface area (Å²) in [6, 6.07) is 9.00. The summed E-state index contributed by atoms with van der Waals surface area (Å²) >= 11 is 11.2. The molecule has 4 heteroatoms. The third kappa shape index (κ3) is 2.04. The van der Waals surface area contributed by atoms with Crippen molar-refractivity contribution in [2.24, 2.45) is 0 Å². The zero-order valence-electron chi connectivity index (χ0n) is 8.91. The van der Waals surface area contributed by atoms with Crippen LogP contribution in [0.15, 0.2) is 24.3 Å². The number of alkyl halides is 2. The van der Waals surface area contributed by atoms with Crippen molar-refractivity contribution in [3.05, 3.63) is 41.4 Å². The number of carbonyl (C=O) groups is 1. The van der Waals surface area contributed by atoms with Crippen LogP contribution in [0.25, 0.3) is 0 Å². The Labute approximate surface area is 105 Å². The van der Waals surface area contributed by atoms with Gasteiger partial charge < -0.3 is 4.90 Å². The molecule has 0 unspecified atom stereocenters. The number of fused-ring (bicyclic) bond motifs is 1. The number of hydrogen-bond acceptors (Lipinski definition) is 1. The van der Waals surface area contributed by atoms with E-state index in [9.17, 15) is 4.79 Å². The monoisotopic (exact) mass is 256 g/mol. The van der Waals surface area contributed by atoms with Gasteiger partial charge in [-0.3, -0.25) is 4.79 Å². The molecule has 0 saturated carbocycles. The third-order valence-corrected chi connectivity index (χ3v) is 3.24. The summed E-state index contributed by atoms with van der Waals surface area (Å²) in [5, 5.41) is 0. The number of halogens is 2. The van der Waals surface area contributed by atoms with Gasteiger partial charge >= 0.3 is 0 Å². The molecule has 1 heterocycles. The summed E-state index contributed by atoms with van der Waals surface area (Å²) in [4.78, 5) is 12.4. The van der Waals surface area contributed by atoms with E-state index < -0.39 is 4.84 Å². The number of rotatable bonds is 1. The maximum Gasteiger partial charge on any atom is 0.256 e. The molecule has 1 aromatic carbocycles. The molecule has 0 fully saturated rings. The Kier molecular flexibility index (Phi) is 3.41. The lowest BCUT2D eigenvalue weighted by atomic mass is 9.94. The van der Waals surface area contributed by atoms with E-state index in [1.54, 1.807) is 4.90 Å². The number of hydrogen-bond donors (Lipinski definition) is 0. The average Bonchev–Trinajstić information content (AvgIpc) is 2.29. The van der Waals surface area contributed by atoms with Gasteiger partial charge in [-0.25, -0.2) is 0 Å². The number of nitrogens with zero attached hydrogens (tertiary/aromatic N) is 1. The first-order valence-electron chi connectivity index (χ1n) is 5.12. The van der Waals surface area contributed by atoms with Crippen molar-refractivity contribution in [3.8, 4) is 0 Å². The van der Waals surface area contributed by atoms with Crippen LogP contribution in [0, 0.1) is 6.04 Å². The van der Waals surface area contributed by atoms with Crippen molar-refractivity contribution in [2.75, 3.05) is 6.54 Å². The second kappa shape index (κ2) is 4.64. The molecule has 0 N–H and O–H groups in total. The van der Waals surface area contributed by atoms with Crippen LogP contribution in [-0.2, 0) is 11.2 Å². The lowest BCUT2D eigenvalue weighted by molar-refractivity contribution is -0.128. The predicted octanol–water partition coefficient (Wildman–Crippen LogP) is 2.77. The van der Waals surface area contributed by atoms with Crippen molar-refractivity contribution >= 4 is 29.1 Å². The molecule has 16 heavy (non-hydrogen) atoms. The van der Waals surface area contributed by atoms with Crippen molar-refractivity contribution < 1.29 is 4.79 Å². The second-order valence-corrected chi connectivity index (χ2v) is 4.88. The Morgan fingerprint density at radius 1 is 1.38 bits per heavy atom. The Bertz CT molecular complexity index is 406. The van der Waals surface area contributed by atoms with E-state index in [4.69, 9.17) is 23.2 Å². The summed E-state index contributed by atoms with van der Waals surface area (Å²) in [6.45, 7) is 2.57. The van der Waals surface area contributed by atoms with Gasteiger partial charge in [-0.1, -0.05) is 47.5 Å². The van der Waals surface area contributed by atoms with E-state index in [2.05, 4.69) is 6.07 Å². The molecular weight excluding hydrogens is 245 g/mol. The van der Waals surface area contributed by atoms with Crippen LogP contribution >= 0.6 is 23.2 Å². The highest BCUT2D eigenvalue weighted by Crippen LogP contribution is 2.29. The maximum atomic E-state index is 11.8. The van der Waals surface area contributed by atoms with Crippen molar-refractivity contribution in [1.82, 2.24) is 4.90 Å². The van der Waals surface area contributed by atoms with E-state index in [-0.39, 0.29) is 5.91 Å². The van der Waals surface area contributed by atoms with Gasteiger partial charge in [-0.15, -0.1) is 0 Å². The molecule has 1 aromatic rings. The fourth-order valence-electron chi connectivity index (χ4n) is 2.03. The Morgan fingerprint density at radius 3 is 2.75 bits per heavy atom. The molecule has 2 nitrogen and oxygen atoms in total. The Balaban J connectivity index is 2.28. The lowest BCUT2D eigenvalue weighted by Crippen LogP contribution is -2.41. The fourth-order valence-corrected chi connectivity index (χ4v) is 2.27. The first-order chi connectivity index (χ1) is 7.61. The molecule has 0 spiro atoms. The first-order valence-corrected chi connectivity index (χ1v) is 6.00. The van der Waals surface area contributed by atoms with Crippen LogP contribution in [0.2, 0.25) is 0 Å². The molecule has 0 saturated heterocycles. The van der Waals surface area contributed by atoms with Crippen LogP contribution in [-0.4, -0.2) is 22.2 Å². The van der Waals surface area contributed by atoms with Crippen molar-refractivity contribution in [2.45, 2.75) is 18.2 Å². The molecule has 2 rings (SSSR count). The molecule has 0 aromatic heterocycles. The molecule has 1 amide bonds. The number of benzene rings is 1. The molecule has 85 valence electrons. The first kappa shape index (κ1) is 11.7. The zero-order chi connectivity index (χ0) is 11.7. The number of amides is 1. The highest BCUT2D eigenvalue weighted by molar-refractivity contribution is 6.53. The van der Waals surface area contributed by atoms with Crippen LogP contribution in [0.4, 0.5) is 0 Å². The van der Waals surface area contributed by atoms with E-state index in [0.29, 0.717) is 6.54 Å². The molecule has 0 atom stereocenters. The molecule has 0 bridgehead atoms. The molecular formula is C12H12Cl2NO. The zero-order valence-corrected chi connectivity index (χ0v) is 10.4. The predicted molar refractivity (Wildman–Crippen MR) is 65.4 cm³/mol. The quantitative estimate of drug-likeness (QED) is 0.708. The lowest BCUT2D eigenvalue weighted by Gasteiger charge is -2.34. The van der Waals surface area contributed by atoms with Gasteiger partial charge in [-0.2, -0.15) is 0 Å². The normalized spacial score (nSPS) is 16.4. The van der Waals surface area contributed by atoms with Gasteiger partial charge in [0.15, 0.2) is 4.84 Å². The maximum absolute atomic E-state index is 11.8. The minimum atomic E-state index is -0.986. The number of carbonyl (C=O) groups excluding carboxylic acids is 1. The minimum absolute atomic E-state index is 0.240. The molecule has 0 aliphatic carbocycles. The van der Waals surface area contributed by atoms with Gasteiger partial charge in [0.05, 0.1) is 6.04 Å². The van der Waals surface area contributed by atoms with Crippen LogP contribution in [0.5, 0.6) is 0 Å². The van der Waals surface area contributed by atoms with Gasteiger partial charge in [0.25, 0.3) is 5.91 Å². The topological polar surface area (TPSA) is 20.3 Å². The molecule has 1 aliphatic rings. The van der Waals surface area contributed by atoms with Crippen LogP contribution < -0.4 is 0 Å². The summed E-state index contributed by atoms with van der Waals surface area (Å²) in [7, 11) is 0. The third-order valence-electron chi connectivity index (χ3n) is 2.87. The van der Waals surface area contributed by atoms with Gasteiger partial charge in [0.1, 0.15) is 0 Å².